The van der Waals surface area contributed by atoms with Crippen molar-refractivity contribution in [2.24, 2.45) is 7.05 Å². The molecule has 2 heterocycles. The molecule has 1 aliphatic heterocycles. The van der Waals surface area contributed by atoms with Crippen LogP contribution in [-0.2, 0) is 16.7 Å². The van der Waals surface area contributed by atoms with Crippen molar-refractivity contribution < 1.29 is 14.0 Å². The zero-order valence-electron chi connectivity index (χ0n) is 18.4. The van der Waals surface area contributed by atoms with E-state index in [4.69, 9.17) is 21.7 Å². The van der Waals surface area contributed by atoms with E-state index in [2.05, 4.69) is 4.98 Å². The second kappa shape index (κ2) is 9.27. The number of piperidine rings is 1. The highest BCUT2D eigenvalue weighted by Gasteiger charge is 2.29. The Bertz CT molecular complexity index is 1110. The van der Waals surface area contributed by atoms with Crippen molar-refractivity contribution in [3.63, 3.8) is 0 Å². The quantitative estimate of drug-likeness (QED) is 0.501. The highest BCUT2D eigenvalue weighted by molar-refractivity contribution is 6.32. The summed E-state index contributed by atoms with van der Waals surface area (Å²) in [6, 6.07) is 5.65. The Hall–Kier alpha value is -2.96. The van der Waals surface area contributed by atoms with Crippen molar-refractivity contribution in [3.8, 4) is 17.3 Å². The summed E-state index contributed by atoms with van der Waals surface area (Å²) in [5, 5.41) is 10.2. The van der Waals surface area contributed by atoms with E-state index in [0.29, 0.717) is 43.9 Å². The molecule has 32 heavy (non-hydrogen) atoms. The van der Waals surface area contributed by atoms with Gasteiger partial charge >= 0.3 is 0 Å². The average Bonchev–Trinajstić information content (AvgIpc) is 2.75. The minimum absolute atomic E-state index is 0.0978. The lowest BCUT2D eigenvalue weighted by atomic mass is 10.1. The molecular formula is C22H25ClFN5O3. The summed E-state index contributed by atoms with van der Waals surface area (Å²) in [7, 11) is 1.58. The van der Waals surface area contributed by atoms with Crippen LogP contribution in [0, 0.1) is 17.1 Å². The largest absolute Gasteiger partial charge is 0.342 e. The van der Waals surface area contributed by atoms with E-state index in [-0.39, 0.29) is 22.3 Å². The molecular weight excluding hydrogens is 437 g/mol. The number of rotatable bonds is 5. The molecule has 170 valence electrons. The molecule has 1 saturated heterocycles. The number of hydroxylamine groups is 2. The summed E-state index contributed by atoms with van der Waals surface area (Å²) in [5.74, 6) is -0.314. The van der Waals surface area contributed by atoms with Crippen LogP contribution >= 0.6 is 11.6 Å². The first-order valence-corrected chi connectivity index (χ1v) is 10.6. The molecule has 0 spiro atoms. The molecule has 2 aromatic rings. The number of nitriles is 1. The summed E-state index contributed by atoms with van der Waals surface area (Å²) in [5.41, 5.74) is -0.588. The number of carbonyl (C=O) groups is 1. The number of aromatic nitrogens is 2. The van der Waals surface area contributed by atoms with Gasteiger partial charge in [0.2, 0.25) is 12.4 Å². The zero-order chi connectivity index (χ0) is 23.6. The Kier molecular flexibility index (Phi) is 6.86. The van der Waals surface area contributed by atoms with Gasteiger partial charge in [-0.2, -0.15) is 5.26 Å². The fourth-order valence-electron chi connectivity index (χ4n) is 3.61. The van der Waals surface area contributed by atoms with Gasteiger partial charge in [0.25, 0.3) is 5.56 Å². The van der Waals surface area contributed by atoms with E-state index >= 15 is 0 Å². The van der Waals surface area contributed by atoms with Crippen LogP contribution in [0.1, 0.15) is 39.2 Å². The van der Waals surface area contributed by atoms with Gasteiger partial charge in [-0.25, -0.2) is 14.4 Å². The molecule has 0 N–H and O–H groups in total. The van der Waals surface area contributed by atoms with Crippen LogP contribution in [0.3, 0.4) is 0 Å². The topological polar surface area (TPSA) is 91.5 Å². The van der Waals surface area contributed by atoms with Crippen LogP contribution in [0.25, 0.3) is 11.3 Å². The van der Waals surface area contributed by atoms with Gasteiger partial charge in [-0.05, 0) is 45.7 Å². The van der Waals surface area contributed by atoms with E-state index in [0.717, 1.165) is 6.07 Å². The summed E-state index contributed by atoms with van der Waals surface area (Å²) < 4.78 is 15.5. The summed E-state index contributed by atoms with van der Waals surface area (Å²) >= 11 is 6.25. The van der Waals surface area contributed by atoms with Crippen molar-refractivity contribution >= 4 is 24.0 Å². The number of carbonyl (C=O) groups excluding carboxylic acids is 1. The molecule has 0 unspecified atom stereocenters. The molecule has 0 saturated carbocycles. The lowest BCUT2D eigenvalue weighted by Gasteiger charge is -2.39. The van der Waals surface area contributed by atoms with Crippen molar-refractivity contribution in [1.29, 1.82) is 5.26 Å². The second-order valence-electron chi connectivity index (χ2n) is 8.63. The first kappa shape index (κ1) is 23.7. The van der Waals surface area contributed by atoms with Crippen molar-refractivity contribution in [3.05, 3.63) is 45.0 Å². The number of anilines is 1. The van der Waals surface area contributed by atoms with Gasteiger partial charge in [-0.3, -0.25) is 19.0 Å². The molecule has 0 aliphatic carbocycles. The van der Waals surface area contributed by atoms with Crippen molar-refractivity contribution in [2.45, 2.75) is 45.3 Å². The third kappa shape index (κ3) is 4.92. The number of hydrogen-bond donors (Lipinski definition) is 0. The average molecular weight is 462 g/mol. The molecule has 0 atom stereocenters. The van der Waals surface area contributed by atoms with E-state index in [9.17, 15) is 14.0 Å². The van der Waals surface area contributed by atoms with Gasteiger partial charge in [0, 0.05) is 25.7 Å². The predicted molar refractivity (Wildman–Crippen MR) is 119 cm³/mol. The molecule has 1 aromatic carbocycles. The van der Waals surface area contributed by atoms with Crippen molar-refractivity contribution in [1.82, 2.24) is 14.6 Å². The van der Waals surface area contributed by atoms with Crippen LogP contribution in [-0.4, -0.2) is 45.8 Å². The van der Waals surface area contributed by atoms with Crippen LogP contribution in [0.4, 0.5) is 10.3 Å². The van der Waals surface area contributed by atoms with Crippen LogP contribution in [0.2, 0.25) is 5.02 Å². The Balaban J connectivity index is 1.88. The molecule has 1 fully saturated rings. The Labute approximate surface area is 190 Å². The molecule has 10 heteroatoms. The molecule has 3 rings (SSSR count). The molecule has 1 aliphatic rings. The number of benzene rings is 1. The minimum Gasteiger partial charge on any atom is -0.342 e. The van der Waals surface area contributed by atoms with E-state index in [1.165, 1.54) is 21.8 Å². The number of nitrogens with zero attached hydrogens (tertiary/aromatic N) is 5. The highest BCUT2D eigenvalue weighted by atomic mass is 35.5. The predicted octanol–water partition coefficient (Wildman–Crippen LogP) is 3.27. The zero-order valence-corrected chi connectivity index (χ0v) is 19.2. The highest BCUT2D eigenvalue weighted by Crippen LogP contribution is 2.29. The molecule has 1 aromatic heterocycles. The normalized spacial score (nSPS) is 14.8. The van der Waals surface area contributed by atoms with Crippen LogP contribution in [0.15, 0.2) is 23.0 Å². The monoisotopic (exact) mass is 461 g/mol. The first-order chi connectivity index (χ1) is 15.1. The lowest BCUT2D eigenvalue weighted by Crippen LogP contribution is -2.48. The fourth-order valence-corrected chi connectivity index (χ4v) is 3.89. The standard InChI is InChI=1S/C22H25ClFN5O3/c1-22(2,3)32-29(13-30)16-7-9-28(10-8-16)21-26-19(18(23)20(31)27(21)4)14-5-6-15(12-25)17(24)11-14/h5-6,11,13,16H,7-10H2,1-4H3. The second-order valence-corrected chi connectivity index (χ2v) is 9.01. The number of amides is 1. The Morgan fingerprint density at radius 1 is 1.34 bits per heavy atom. The SMILES string of the molecule is Cn1c(N2CCC(N(C=O)OC(C)(C)C)CC2)nc(-c2ccc(C#N)c(F)c2)c(Cl)c1=O. The van der Waals surface area contributed by atoms with Gasteiger partial charge < -0.3 is 4.90 Å². The molecule has 1 amide bonds. The van der Waals surface area contributed by atoms with Gasteiger partial charge in [-0.1, -0.05) is 17.7 Å². The maximum Gasteiger partial charge on any atom is 0.274 e. The van der Waals surface area contributed by atoms with Gasteiger partial charge in [-0.15, -0.1) is 0 Å². The third-order valence-electron chi connectivity index (χ3n) is 5.17. The summed E-state index contributed by atoms with van der Waals surface area (Å²) in [4.78, 5) is 36.5. The number of halogens is 2. The van der Waals surface area contributed by atoms with Crippen LogP contribution < -0.4 is 10.5 Å². The number of hydrogen-bond acceptors (Lipinski definition) is 6. The van der Waals surface area contributed by atoms with E-state index in [1.807, 2.05) is 25.7 Å². The minimum atomic E-state index is -0.710. The van der Waals surface area contributed by atoms with Crippen molar-refractivity contribution in [2.75, 3.05) is 18.0 Å². The molecule has 8 nitrogen and oxygen atoms in total. The molecule has 0 bridgehead atoms. The Morgan fingerprint density at radius 2 is 2.00 bits per heavy atom. The third-order valence-corrected chi connectivity index (χ3v) is 5.51. The maximum absolute atomic E-state index is 14.1. The van der Waals surface area contributed by atoms with Gasteiger partial charge in [0.15, 0.2) is 0 Å². The van der Waals surface area contributed by atoms with E-state index in [1.54, 1.807) is 13.1 Å². The van der Waals surface area contributed by atoms with Crippen LogP contribution in [0.5, 0.6) is 0 Å². The van der Waals surface area contributed by atoms with E-state index < -0.39 is 17.0 Å². The fraction of sp³-hybridized carbons (Fsp3) is 0.455. The lowest BCUT2D eigenvalue weighted by molar-refractivity contribution is -0.234. The van der Waals surface area contributed by atoms with Gasteiger partial charge in [0.1, 0.15) is 16.9 Å². The van der Waals surface area contributed by atoms with Gasteiger partial charge in [0.05, 0.1) is 22.9 Å². The first-order valence-electron chi connectivity index (χ1n) is 10.2. The Morgan fingerprint density at radius 3 is 2.53 bits per heavy atom. The summed E-state index contributed by atoms with van der Waals surface area (Å²) in [6.45, 7) is 6.69. The smallest absolute Gasteiger partial charge is 0.274 e. The summed E-state index contributed by atoms with van der Waals surface area (Å²) in [6.07, 6.45) is 1.93. The maximum atomic E-state index is 14.1. The molecule has 0 radical (unpaired) electrons.